The van der Waals surface area contributed by atoms with Crippen molar-refractivity contribution in [1.82, 2.24) is 0 Å². The van der Waals surface area contributed by atoms with Gasteiger partial charge in [-0.25, -0.2) is 0 Å². The van der Waals surface area contributed by atoms with Gasteiger partial charge in [0.2, 0.25) is 0 Å². The first-order valence-corrected chi connectivity index (χ1v) is 11.4. The van der Waals surface area contributed by atoms with Gasteiger partial charge in [-0.15, -0.1) is 0 Å². The number of rotatable bonds is 8. The molecular formula is C29H34O4. The minimum atomic E-state index is 0.0418. The first-order valence-electron chi connectivity index (χ1n) is 11.4. The maximum absolute atomic E-state index is 11.2. The van der Waals surface area contributed by atoms with Crippen LogP contribution < -0.4 is 0 Å². The highest BCUT2D eigenvalue weighted by atomic mass is 16.3. The lowest BCUT2D eigenvalue weighted by atomic mass is 9.94. The zero-order valence-electron chi connectivity index (χ0n) is 20.2. The second-order valence-corrected chi connectivity index (χ2v) is 9.14. The summed E-state index contributed by atoms with van der Waals surface area (Å²) in [5, 5.41) is 32.6. The molecule has 2 aromatic carbocycles. The van der Waals surface area contributed by atoms with E-state index >= 15 is 0 Å². The third kappa shape index (κ3) is 6.10. The number of allylic oxidation sites excluding steroid dienone is 6. The van der Waals surface area contributed by atoms with Crippen LogP contribution in [0.1, 0.15) is 58.6 Å². The Hall–Kier alpha value is -3.40. The van der Waals surface area contributed by atoms with Crippen LogP contribution in [0.4, 0.5) is 0 Å². The van der Waals surface area contributed by atoms with Crippen LogP contribution in [0.2, 0.25) is 0 Å². The molecule has 0 unspecified atom stereocenters. The van der Waals surface area contributed by atoms with Crippen molar-refractivity contribution in [1.29, 1.82) is 0 Å². The molecule has 0 aliphatic carbocycles. The Balaban J connectivity index is 2.02. The normalized spacial score (nSPS) is 11.6. The molecule has 0 atom stereocenters. The first kappa shape index (κ1) is 24.2. The van der Waals surface area contributed by atoms with E-state index in [2.05, 4.69) is 32.9 Å². The Labute approximate surface area is 196 Å². The van der Waals surface area contributed by atoms with E-state index in [4.69, 9.17) is 4.42 Å². The van der Waals surface area contributed by atoms with Gasteiger partial charge in [-0.1, -0.05) is 34.9 Å². The van der Waals surface area contributed by atoms with E-state index < -0.39 is 0 Å². The molecule has 0 saturated heterocycles. The summed E-state index contributed by atoms with van der Waals surface area (Å²) in [5.74, 6) is 0.804. The Kier molecular flexibility index (Phi) is 7.70. The van der Waals surface area contributed by atoms with Crippen LogP contribution in [0.25, 0.3) is 22.3 Å². The number of phenols is 3. The van der Waals surface area contributed by atoms with Gasteiger partial charge in [0.15, 0.2) is 0 Å². The molecule has 4 nitrogen and oxygen atoms in total. The minimum absolute atomic E-state index is 0.0418. The van der Waals surface area contributed by atoms with Crippen molar-refractivity contribution in [2.75, 3.05) is 0 Å². The van der Waals surface area contributed by atoms with Crippen LogP contribution in [0.5, 0.6) is 17.2 Å². The summed E-state index contributed by atoms with van der Waals surface area (Å²) < 4.78 is 5.97. The summed E-state index contributed by atoms with van der Waals surface area (Å²) in [5.41, 5.74) is 6.09. The Bertz CT molecular complexity index is 1230. The van der Waals surface area contributed by atoms with Gasteiger partial charge in [-0.05, 0) is 84.6 Å². The van der Waals surface area contributed by atoms with Crippen LogP contribution in [0.15, 0.2) is 69.7 Å². The van der Waals surface area contributed by atoms with Crippen molar-refractivity contribution in [3.8, 4) is 28.6 Å². The zero-order valence-corrected chi connectivity index (χ0v) is 20.2. The van der Waals surface area contributed by atoms with Gasteiger partial charge >= 0.3 is 0 Å². The summed E-state index contributed by atoms with van der Waals surface area (Å²) in [4.78, 5) is 0. The van der Waals surface area contributed by atoms with Crippen molar-refractivity contribution in [3.05, 3.63) is 76.4 Å². The predicted molar refractivity (Wildman–Crippen MR) is 136 cm³/mol. The molecule has 0 bridgehead atoms. The van der Waals surface area contributed by atoms with E-state index in [0.717, 1.165) is 23.8 Å². The molecule has 3 aromatic rings. The summed E-state index contributed by atoms with van der Waals surface area (Å²) in [7, 11) is 0. The molecule has 3 rings (SSSR count). The molecule has 0 aliphatic rings. The van der Waals surface area contributed by atoms with Crippen LogP contribution in [-0.2, 0) is 12.8 Å². The maximum Gasteiger partial charge on any atom is 0.138 e. The molecule has 1 heterocycles. The van der Waals surface area contributed by atoms with Gasteiger partial charge in [0.05, 0.1) is 0 Å². The Morgan fingerprint density at radius 3 is 2.21 bits per heavy atom. The van der Waals surface area contributed by atoms with Crippen LogP contribution in [-0.4, -0.2) is 15.3 Å². The van der Waals surface area contributed by atoms with Crippen molar-refractivity contribution in [3.63, 3.8) is 0 Å². The monoisotopic (exact) mass is 446 g/mol. The van der Waals surface area contributed by atoms with Crippen molar-refractivity contribution < 1.29 is 19.7 Å². The first-order chi connectivity index (χ1) is 15.7. The summed E-state index contributed by atoms with van der Waals surface area (Å²) in [6.45, 7) is 10.3. The lowest BCUT2D eigenvalue weighted by molar-refractivity contribution is 0.437. The topological polar surface area (TPSA) is 73.8 Å². The lowest BCUT2D eigenvalue weighted by Gasteiger charge is -2.15. The van der Waals surface area contributed by atoms with E-state index in [0.29, 0.717) is 40.9 Å². The molecule has 0 saturated carbocycles. The smallest absolute Gasteiger partial charge is 0.138 e. The minimum Gasteiger partial charge on any atom is -0.508 e. The average molecular weight is 447 g/mol. The van der Waals surface area contributed by atoms with E-state index in [1.807, 2.05) is 26.0 Å². The standard InChI is InChI=1S/C29H34O4/c1-18(2)7-6-8-20(5)10-14-24-26(31)17-25(23(29(24)32)13-9-19(3)4)28-15-21-11-12-22(30)16-27(21)33-28/h7,9-12,15-17,30-32H,6,8,13-14H2,1-5H3/b20-10+. The highest BCUT2D eigenvalue weighted by Gasteiger charge is 2.20. The summed E-state index contributed by atoms with van der Waals surface area (Å²) in [6.07, 6.45) is 9.23. The highest BCUT2D eigenvalue weighted by molar-refractivity contribution is 5.85. The van der Waals surface area contributed by atoms with E-state index in [9.17, 15) is 15.3 Å². The fourth-order valence-electron chi connectivity index (χ4n) is 3.80. The number of aromatic hydroxyl groups is 3. The molecule has 0 aliphatic heterocycles. The molecule has 174 valence electrons. The van der Waals surface area contributed by atoms with E-state index in [-0.39, 0.29) is 17.2 Å². The quantitative estimate of drug-likeness (QED) is 0.307. The van der Waals surface area contributed by atoms with Gasteiger partial charge in [0.25, 0.3) is 0 Å². The third-order valence-electron chi connectivity index (χ3n) is 5.72. The summed E-state index contributed by atoms with van der Waals surface area (Å²) >= 11 is 0. The molecule has 0 fully saturated rings. The Morgan fingerprint density at radius 1 is 0.818 bits per heavy atom. The number of phenolic OH excluding ortho intramolecular Hbond substituents is 3. The number of hydrogen-bond acceptors (Lipinski definition) is 4. The van der Waals surface area contributed by atoms with Gasteiger partial charge in [0, 0.05) is 28.1 Å². The highest BCUT2D eigenvalue weighted by Crippen LogP contribution is 2.41. The molecule has 0 spiro atoms. The average Bonchev–Trinajstić information content (AvgIpc) is 3.15. The third-order valence-corrected chi connectivity index (χ3v) is 5.72. The van der Waals surface area contributed by atoms with Crippen LogP contribution in [0.3, 0.4) is 0 Å². The molecule has 0 amide bonds. The van der Waals surface area contributed by atoms with Crippen molar-refractivity contribution in [2.24, 2.45) is 0 Å². The van der Waals surface area contributed by atoms with Gasteiger partial charge in [0.1, 0.15) is 28.6 Å². The van der Waals surface area contributed by atoms with Crippen molar-refractivity contribution >= 4 is 11.0 Å². The number of fused-ring (bicyclic) bond motifs is 1. The maximum atomic E-state index is 11.2. The molecule has 1 aromatic heterocycles. The van der Waals surface area contributed by atoms with Crippen molar-refractivity contribution in [2.45, 2.75) is 60.3 Å². The fourth-order valence-corrected chi connectivity index (χ4v) is 3.80. The number of benzene rings is 2. The Morgan fingerprint density at radius 2 is 1.52 bits per heavy atom. The molecular weight excluding hydrogens is 412 g/mol. The van der Waals surface area contributed by atoms with Gasteiger partial charge < -0.3 is 19.7 Å². The molecule has 33 heavy (non-hydrogen) atoms. The lowest BCUT2D eigenvalue weighted by Crippen LogP contribution is -1.95. The van der Waals surface area contributed by atoms with Crippen LogP contribution in [0, 0.1) is 0 Å². The SMILES string of the molecule is CC(C)=CCC/C(C)=C/Cc1c(O)cc(-c2cc3ccc(O)cc3o2)c(CC=C(C)C)c1O. The predicted octanol–water partition coefficient (Wildman–Crippen LogP) is 7.96. The second-order valence-electron chi connectivity index (χ2n) is 9.14. The molecule has 4 heteroatoms. The van der Waals surface area contributed by atoms with E-state index in [1.165, 1.54) is 11.1 Å². The second kappa shape index (κ2) is 10.5. The van der Waals surface area contributed by atoms with Gasteiger partial charge in [-0.3, -0.25) is 0 Å². The van der Waals surface area contributed by atoms with Crippen LogP contribution >= 0.6 is 0 Å². The number of furan rings is 1. The molecule has 0 radical (unpaired) electrons. The van der Waals surface area contributed by atoms with Gasteiger partial charge in [-0.2, -0.15) is 0 Å². The largest absolute Gasteiger partial charge is 0.508 e. The number of hydrogen-bond donors (Lipinski definition) is 3. The molecule has 3 N–H and O–H groups in total. The van der Waals surface area contributed by atoms with E-state index in [1.54, 1.807) is 24.3 Å². The fraction of sp³-hybridized carbons (Fsp3) is 0.310. The summed E-state index contributed by atoms with van der Waals surface area (Å²) in [6, 6.07) is 8.49. The zero-order chi connectivity index (χ0) is 24.1.